The summed E-state index contributed by atoms with van der Waals surface area (Å²) in [6, 6.07) is 28.9. The van der Waals surface area contributed by atoms with E-state index in [-0.39, 0.29) is 0 Å². The van der Waals surface area contributed by atoms with E-state index in [0.29, 0.717) is 0 Å². The Balaban J connectivity index is 1.82. The summed E-state index contributed by atoms with van der Waals surface area (Å²) in [6.07, 6.45) is 2.87. The molecule has 0 N–H and O–H groups in total. The second-order valence-corrected chi connectivity index (χ2v) is 6.66. The molecular weight excluding hydrogens is 300 g/mol. The minimum atomic E-state index is 0.915. The summed E-state index contributed by atoms with van der Waals surface area (Å²) < 4.78 is 0. The van der Waals surface area contributed by atoms with E-state index in [9.17, 15) is 0 Å². The van der Waals surface area contributed by atoms with Crippen LogP contribution in [0.3, 0.4) is 0 Å². The molecule has 25 heavy (non-hydrogen) atoms. The van der Waals surface area contributed by atoms with Gasteiger partial charge in [0.2, 0.25) is 0 Å². The molecule has 0 nitrogen and oxygen atoms in total. The van der Waals surface area contributed by atoms with Crippen molar-refractivity contribution in [2.75, 3.05) is 0 Å². The largest absolute Gasteiger partial charge is 0.103 e. The van der Waals surface area contributed by atoms with Gasteiger partial charge in [-0.15, -0.1) is 6.58 Å². The summed E-state index contributed by atoms with van der Waals surface area (Å²) >= 11 is 0. The highest BCUT2D eigenvalue weighted by atomic mass is 14.1. The second kappa shape index (κ2) is 5.46. The van der Waals surface area contributed by atoms with Crippen molar-refractivity contribution in [2.24, 2.45) is 0 Å². The van der Waals surface area contributed by atoms with Gasteiger partial charge in [-0.1, -0.05) is 84.9 Å². The predicted octanol–water partition coefficient (Wildman–Crippen LogP) is 6.98. The molecule has 0 amide bonds. The van der Waals surface area contributed by atoms with Gasteiger partial charge in [-0.2, -0.15) is 0 Å². The van der Waals surface area contributed by atoms with E-state index in [2.05, 4.69) is 85.4 Å². The molecule has 0 saturated carbocycles. The Morgan fingerprint density at radius 3 is 2.00 bits per heavy atom. The van der Waals surface area contributed by atoms with Crippen LogP contribution in [0.2, 0.25) is 0 Å². The third kappa shape index (κ3) is 2.15. The second-order valence-electron chi connectivity index (χ2n) is 6.66. The highest BCUT2D eigenvalue weighted by molar-refractivity contribution is 6.25. The van der Waals surface area contributed by atoms with Crippen LogP contribution in [0.15, 0.2) is 91.5 Å². The molecule has 0 radical (unpaired) electrons. The summed E-state index contributed by atoms with van der Waals surface area (Å²) in [4.78, 5) is 0. The lowest BCUT2D eigenvalue weighted by Gasteiger charge is -2.14. The van der Waals surface area contributed by atoms with E-state index < -0.39 is 0 Å². The third-order valence-corrected chi connectivity index (χ3v) is 5.17. The Kier molecular flexibility index (Phi) is 3.11. The maximum absolute atomic E-state index is 3.82. The van der Waals surface area contributed by atoms with E-state index in [1.807, 2.05) is 6.08 Å². The van der Waals surface area contributed by atoms with E-state index in [1.165, 1.54) is 49.0 Å². The monoisotopic (exact) mass is 318 g/mol. The van der Waals surface area contributed by atoms with Crippen molar-refractivity contribution in [2.45, 2.75) is 6.42 Å². The Labute approximate surface area is 147 Å². The first kappa shape index (κ1) is 14.2. The van der Waals surface area contributed by atoms with Gasteiger partial charge in [-0.25, -0.2) is 0 Å². The number of hydrogen-bond donors (Lipinski definition) is 0. The van der Waals surface area contributed by atoms with Gasteiger partial charge in [0.25, 0.3) is 0 Å². The van der Waals surface area contributed by atoms with Gasteiger partial charge in [-0.05, 0) is 55.4 Å². The lowest BCUT2D eigenvalue weighted by molar-refractivity contribution is 1.28. The fourth-order valence-corrected chi connectivity index (χ4v) is 3.97. The first-order valence-electron chi connectivity index (χ1n) is 8.72. The zero-order chi connectivity index (χ0) is 16.8. The molecule has 5 aromatic carbocycles. The lowest BCUT2D eigenvalue weighted by Crippen LogP contribution is -1.87. The van der Waals surface area contributed by atoms with Crippen LogP contribution in [-0.4, -0.2) is 0 Å². The quantitative estimate of drug-likeness (QED) is 0.249. The summed E-state index contributed by atoms with van der Waals surface area (Å²) in [5, 5.41) is 8.03. The SMILES string of the molecule is C=CCc1ccc(-c2ccc3ccc4cccc5ccc2c3c45)cc1. The molecule has 0 heterocycles. The van der Waals surface area contributed by atoms with Crippen molar-refractivity contribution in [1.82, 2.24) is 0 Å². The van der Waals surface area contributed by atoms with Crippen LogP contribution in [0.1, 0.15) is 5.56 Å². The van der Waals surface area contributed by atoms with Gasteiger partial charge >= 0.3 is 0 Å². The molecule has 5 rings (SSSR count). The van der Waals surface area contributed by atoms with Crippen LogP contribution in [-0.2, 0) is 6.42 Å². The summed E-state index contributed by atoms with van der Waals surface area (Å²) in [5.41, 5.74) is 3.87. The standard InChI is InChI=1S/C25H18/c1-2-4-17-7-9-18(10-8-17)22-15-13-21-12-11-19-5-3-6-20-14-16-23(22)25(21)24(19)20/h2-3,5-16H,1,4H2. The fourth-order valence-electron chi connectivity index (χ4n) is 3.97. The van der Waals surface area contributed by atoms with Crippen molar-refractivity contribution >= 4 is 32.3 Å². The Morgan fingerprint density at radius 1 is 0.640 bits per heavy atom. The van der Waals surface area contributed by atoms with Crippen LogP contribution in [0, 0.1) is 0 Å². The number of benzene rings is 5. The number of allylic oxidation sites excluding steroid dienone is 1. The average Bonchev–Trinajstić information content (AvgIpc) is 2.67. The summed E-state index contributed by atoms with van der Waals surface area (Å²) in [6.45, 7) is 3.82. The first-order chi connectivity index (χ1) is 12.3. The van der Waals surface area contributed by atoms with Gasteiger partial charge in [0, 0.05) is 0 Å². The van der Waals surface area contributed by atoms with Gasteiger partial charge < -0.3 is 0 Å². The minimum Gasteiger partial charge on any atom is -0.103 e. The Hall–Kier alpha value is -3.12. The predicted molar refractivity (Wildman–Crippen MR) is 109 cm³/mol. The van der Waals surface area contributed by atoms with Gasteiger partial charge in [0.1, 0.15) is 0 Å². The van der Waals surface area contributed by atoms with Gasteiger partial charge in [-0.3, -0.25) is 0 Å². The minimum absolute atomic E-state index is 0.915. The van der Waals surface area contributed by atoms with E-state index in [1.54, 1.807) is 0 Å². The van der Waals surface area contributed by atoms with Crippen LogP contribution >= 0.6 is 0 Å². The van der Waals surface area contributed by atoms with Crippen molar-refractivity contribution in [3.63, 3.8) is 0 Å². The van der Waals surface area contributed by atoms with Crippen molar-refractivity contribution in [1.29, 1.82) is 0 Å². The molecule has 0 aliphatic rings. The molecule has 118 valence electrons. The Morgan fingerprint density at radius 2 is 1.28 bits per heavy atom. The van der Waals surface area contributed by atoms with Gasteiger partial charge in [0.15, 0.2) is 0 Å². The molecule has 0 bridgehead atoms. The van der Waals surface area contributed by atoms with Crippen molar-refractivity contribution in [3.8, 4) is 11.1 Å². The maximum Gasteiger partial charge on any atom is -0.00206 e. The van der Waals surface area contributed by atoms with Crippen molar-refractivity contribution in [3.05, 3.63) is 97.1 Å². The molecule has 0 heteroatoms. The maximum atomic E-state index is 3.82. The first-order valence-corrected chi connectivity index (χ1v) is 8.72. The topological polar surface area (TPSA) is 0 Å². The van der Waals surface area contributed by atoms with Crippen LogP contribution in [0.25, 0.3) is 43.4 Å². The molecule has 5 aromatic rings. The smallest absolute Gasteiger partial charge is 0.00206 e. The molecule has 0 aromatic heterocycles. The van der Waals surface area contributed by atoms with Crippen LogP contribution in [0.5, 0.6) is 0 Å². The molecule has 0 unspecified atom stereocenters. The van der Waals surface area contributed by atoms with E-state index >= 15 is 0 Å². The number of hydrogen-bond acceptors (Lipinski definition) is 0. The fraction of sp³-hybridized carbons (Fsp3) is 0.0400. The molecule has 0 saturated heterocycles. The van der Waals surface area contributed by atoms with Gasteiger partial charge in [0.05, 0.1) is 0 Å². The normalized spacial score (nSPS) is 11.5. The third-order valence-electron chi connectivity index (χ3n) is 5.17. The molecule has 0 aliphatic carbocycles. The van der Waals surface area contributed by atoms with Crippen molar-refractivity contribution < 1.29 is 0 Å². The molecule has 0 atom stereocenters. The van der Waals surface area contributed by atoms with E-state index in [0.717, 1.165) is 6.42 Å². The zero-order valence-electron chi connectivity index (χ0n) is 14.0. The Bertz CT molecular complexity index is 1190. The zero-order valence-corrected chi connectivity index (χ0v) is 14.0. The van der Waals surface area contributed by atoms with Crippen LogP contribution < -0.4 is 0 Å². The number of rotatable bonds is 3. The molecule has 0 aliphatic heterocycles. The average molecular weight is 318 g/mol. The lowest BCUT2D eigenvalue weighted by atomic mass is 9.89. The van der Waals surface area contributed by atoms with E-state index in [4.69, 9.17) is 0 Å². The van der Waals surface area contributed by atoms with Crippen LogP contribution in [0.4, 0.5) is 0 Å². The highest BCUT2D eigenvalue weighted by Gasteiger charge is 2.11. The molecule has 0 spiro atoms. The summed E-state index contributed by atoms with van der Waals surface area (Å²) in [7, 11) is 0. The highest BCUT2D eigenvalue weighted by Crippen LogP contribution is 2.39. The molecular formula is C25H18. The molecule has 0 fully saturated rings. The summed E-state index contributed by atoms with van der Waals surface area (Å²) in [5.74, 6) is 0.